The second kappa shape index (κ2) is 5.38. The van der Waals surface area contributed by atoms with Gasteiger partial charge in [0, 0.05) is 38.2 Å². The Morgan fingerprint density at radius 2 is 1.71 bits per heavy atom. The Morgan fingerprint density at radius 1 is 0.882 bits per heavy atom. The standard InChI is InChI=1S/C12H6N4.Y/c1-2-4-10-9(3-1)15-8-12(16-10)11-7-13-5-6-14-11;/h1-6H;/q-2;. The maximum atomic E-state index is 4.39. The molecule has 17 heavy (non-hydrogen) atoms. The summed E-state index contributed by atoms with van der Waals surface area (Å²) in [6.45, 7) is 0. The van der Waals surface area contributed by atoms with Crippen LogP contribution in [0.2, 0.25) is 0 Å². The monoisotopic (exact) mass is 295 g/mol. The van der Waals surface area contributed by atoms with Gasteiger partial charge in [0.1, 0.15) is 0 Å². The number of rotatable bonds is 1. The molecule has 0 aliphatic heterocycles. The van der Waals surface area contributed by atoms with Gasteiger partial charge in [0.2, 0.25) is 0 Å². The van der Waals surface area contributed by atoms with Gasteiger partial charge in [-0.15, -0.1) is 23.8 Å². The van der Waals surface area contributed by atoms with Gasteiger partial charge in [-0.1, -0.05) is 24.4 Å². The Balaban J connectivity index is 0.00000108. The topological polar surface area (TPSA) is 51.6 Å². The first kappa shape index (κ1) is 12.2. The fourth-order valence-corrected chi connectivity index (χ4v) is 1.40. The smallest absolute Gasteiger partial charge is 0.0171 e. The molecule has 0 bridgehead atoms. The first-order valence-electron chi connectivity index (χ1n) is 4.77. The van der Waals surface area contributed by atoms with E-state index in [2.05, 4.69) is 32.3 Å². The number of hydrogen-bond acceptors (Lipinski definition) is 4. The number of fused-ring (bicyclic) bond motifs is 1. The molecule has 3 rings (SSSR count). The minimum Gasteiger partial charge on any atom is -0.403 e. The van der Waals surface area contributed by atoms with Crippen LogP contribution in [0.3, 0.4) is 0 Å². The van der Waals surface area contributed by atoms with Crippen LogP contribution in [0.1, 0.15) is 0 Å². The quantitative estimate of drug-likeness (QED) is 0.641. The van der Waals surface area contributed by atoms with E-state index in [0.29, 0.717) is 11.4 Å². The van der Waals surface area contributed by atoms with Crippen molar-refractivity contribution in [3.8, 4) is 11.4 Å². The molecule has 79 valence electrons. The molecule has 0 aliphatic carbocycles. The third-order valence-electron chi connectivity index (χ3n) is 2.14. The van der Waals surface area contributed by atoms with Crippen LogP contribution >= 0.6 is 0 Å². The first-order chi connectivity index (χ1) is 7.93. The average Bonchev–Trinajstić information content (AvgIpc) is 2.39. The molecular formula is C12H6N4Y-2. The van der Waals surface area contributed by atoms with Crippen molar-refractivity contribution in [2.75, 3.05) is 0 Å². The van der Waals surface area contributed by atoms with E-state index in [1.165, 1.54) is 0 Å². The second-order valence-electron chi connectivity index (χ2n) is 3.19. The fraction of sp³-hybridized carbons (Fsp3) is 0. The minimum absolute atomic E-state index is 0. The third kappa shape index (κ3) is 2.53. The predicted molar refractivity (Wildman–Crippen MR) is 58.2 cm³/mol. The normalized spacial score (nSPS) is 9.88. The van der Waals surface area contributed by atoms with Crippen molar-refractivity contribution in [2.45, 2.75) is 0 Å². The van der Waals surface area contributed by atoms with Crippen molar-refractivity contribution < 1.29 is 32.7 Å². The zero-order valence-electron chi connectivity index (χ0n) is 8.83. The molecule has 4 nitrogen and oxygen atoms in total. The van der Waals surface area contributed by atoms with Gasteiger partial charge in [0.15, 0.2) is 0 Å². The first-order valence-corrected chi connectivity index (χ1v) is 4.77. The van der Waals surface area contributed by atoms with Gasteiger partial charge >= 0.3 is 0 Å². The van der Waals surface area contributed by atoms with E-state index >= 15 is 0 Å². The molecule has 0 saturated carbocycles. The molecule has 1 aromatic carbocycles. The van der Waals surface area contributed by atoms with E-state index in [9.17, 15) is 0 Å². The van der Waals surface area contributed by atoms with Crippen molar-refractivity contribution >= 4 is 11.0 Å². The molecule has 0 fully saturated rings. The maximum absolute atomic E-state index is 4.39. The van der Waals surface area contributed by atoms with Crippen LogP contribution in [0.25, 0.3) is 22.4 Å². The van der Waals surface area contributed by atoms with Gasteiger partial charge in [-0.25, -0.2) is 0 Å². The van der Waals surface area contributed by atoms with Gasteiger partial charge in [-0.3, -0.25) is 0 Å². The largest absolute Gasteiger partial charge is 0.403 e. The molecule has 0 aliphatic rings. The van der Waals surface area contributed by atoms with E-state index in [0.717, 1.165) is 11.0 Å². The second-order valence-corrected chi connectivity index (χ2v) is 3.19. The molecule has 0 unspecified atom stereocenters. The van der Waals surface area contributed by atoms with E-state index in [1.54, 1.807) is 12.4 Å². The fourth-order valence-electron chi connectivity index (χ4n) is 1.40. The zero-order valence-corrected chi connectivity index (χ0v) is 11.7. The Morgan fingerprint density at radius 3 is 2.47 bits per heavy atom. The van der Waals surface area contributed by atoms with Crippen LogP contribution < -0.4 is 0 Å². The summed E-state index contributed by atoms with van der Waals surface area (Å²) in [6, 6.07) is 7.62. The Labute approximate surface area is 123 Å². The molecular weight excluding hydrogens is 289 g/mol. The van der Waals surface area contributed by atoms with Crippen LogP contribution in [0.4, 0.5) is 0 Å². The summed E-state index contributed by atoms with van der Waals surface area (Å²) in [7, 11) is 0. The molecule has 2 heterocycles. The predicted octanol–water partition coefficient (Wildman–Crippen LogP) is 1.68. The van der Waals surface area contributed by atoms with Crippen LogP contribution in [0.5, 0.6) is 0 Å². The summed E-state index contributed by atoms with van der Waals surface area (Å²) in [4.78, 5) is 16.5. The van der Waals surface area contributed by atoms with E-state index in [-0.39, 0.29) is 32.7 Å². The SMILES string of the molecule is [Y].[c-]1nccnc1-c1[c-]nc2ccccc2n1. The Kier molecular flexibility index (Phi) is 3.87. The molecule has 0 N–H and O–H groups in total. The van der Waals surface area contributed by atoms with E-state index < -0.39 is 0 Å². The van der Waals surface area contributed by atoms with Crippen LogP contribution in [-0.2, 0) is 32.7 Å². The number of benzene rings is 1. The number of nitrogens with zero attached hydrogens (tertiary/aromatic N) is 4. The summed E-state index contributed by atoms with van der Waals surface area (Å²) in [5, 5.41) is 0. The Hall–Kier alpha value is -1.26. The molecule has 0 atom stereocenters. The van der Waals surface area contributed by atoms with Gasteiger partial charge < -0.3 is 19.9 Å². The third-order valence-corrected chi connectivity index (χ3v) is 2.14. The molecule has 0 saturated heterocycles. The van der Waals surface area contributed by atoms with Crippen LogP contribution in [0.15, 0.2) is 36.7 Å². The number of para-hydroxylation sites is 2. The van der Waals surface area contributed by atoms with Crippen molar-refractivity contribution in [1.29, 1.82) is 0 Å². The van der Waals surface area contributed by atoms with Gasteiger partial charge in [0.25, 0.3) is 0 Å². The molecule has 5 heteroatoms. The van der Waals surface area contributed by atoms with Crippen molar-refractivity contribution in [2.24, 2.45) is 0 Å². The van der Waals surface area contributed by atoms with E-state index in [1.807, 2.05) is 24.3 Å². The van der Waals surface area contributed by atoms with Crippen molar-refractivity contribution in [3.63, 3.8) is 0 Å². The summed E-state index contributed by atoms with van der Waals surface area (Å²) >= 11 is 0. The molecule has 0 amide bonds. The van der Waals surface area contributed by atoms with Crippen LogP contribution in [-0.4, -0.2) is 19.9 Å². The number of aromatic nitrogens is 4. The summed E-state index contributed by atoms with van der Waals surface area (Å²) < 4.78 is 0. The molecule has 0 spiro atoms. The van der Waals surface area contributed by atoms with E-state index in [4.69, 9.17) is 0 Å². The summed E-state index contributed by atoms with van der Waals surface area (Å²) in [5.41, 5.74) is 2.75. The minimum atomic E-state index is 0. The van der Waals surface area contributed by atoms with Gasteiger partial charge in [-0.2, -0.15) is 0 Å². The molecule has 2 aromatic heterocycles. The summed E-state index contributed by atoms with van der Waals surface area (Å²) in [6.07, 6.45) is 8.75. The zero-order chi connectivity index (χ0) is 10.8. The average molecular weight is 295 g/mol. The maximum Gasteiger partial charge on any atom is 0.0171 e. The van der Waals surface area contributed by atoms with Crippen molar-refractivity contribution in [3.05, 3.63) is 49.1 Å². The van der Waals surface area contributed by atoms with Gasteiger partial charge in [0.05, 0.1) is 0 Å². The van der Waals surface area contributed by atoms with Gasteiger partial charge in [-0.05, 0) is 17.8 Å². The van der Waals surface area contributed by atoms with Crippen molar-refractivity contribution in [1.82, 2.24) is 19.9 Å². The van der Waals surface area contributed by atoms with Crippen LogP contribution in [0, 0.1) is 12.4 Å². The Bertz CT molecular complexity index is 627. The molecule has 3 aromatic rings. The number of hydrogen-bond donors (Lipinski definition) is 0. The summed E-state index contributed by atoms with van der Waals surface area (Å²) in [5.74, 6) is 0. The molecule has 1 radical (unpaired) electrons.